The number of likely N-dealkylation sites (N-methyl/N-ethyl adjacent to an activating group) is 1. The highest BCUT2D eigenvalue weighted by molar-refractivity contribution is 5.46. The second-order valence-electron chi connectivity index (χ2n) is 4.21. The zero-order valence-electron chi connectivity index (χ0n) is 10.7. The fraction of sp³-hybridized carbons (Fsp3) is 0.571. The lowest BCUT2D eigenvalue weighted by molar-refractivity contribution is 0.539. The Bertz CT molecular complexity index is 271. The van der Waals surface area contributed by atoms with Crippen LogP contribution in [0, 0.1) is 0 Å². The van der Waals surface area contributed by atoms with E-state index in [1.54, 1.807) is 0 Å². The lowest BCUT2D eigenvalue weighted by Crippen LogP contribution is -2.40. The van der Waals surface area contributed by atoms with Crippen molar-refractivity contribution in [3.63, 3.8) is 0 Å². The number of hydrogen-bond acceptors (Lipinski definition) is 2. The number of nitrogens with one attached hydrogen (secondary N) is 1. The summed E-state index contributed by atoms with van der Waals surface area (Å²) in [6.45, 7) is 6.63. The Morgan fingerprint density at radius 1 is 1.19 bits per heavy atom. The summed E-state index contributed by atoms with van der Waals surface area (Å²) in [6, 6.07) is 11.2. The fourth-order valence-electron chi connectivity index (χ4n) is 1.87. The van der Waals surface area contributed by atoms with Gasteiger partial charge in [-0.3, -0.25) is 0 Å². The molecule has 1 N–H and O–H groups in total. The summed E-state index contributed by atoms with van der Waals surface area (Å²) < 4.78 is 0. The van der Waals surface area contributed by atoms with Crippen LogP contribution in [-0.4, -0.2) is 26.2 Å². The Hall–Kier alpha value is -1.02. The Kier molecular flexibility index (Phi) is 5.94. The molecule has 1 atom stereocenters. The third-order valence-corrected chi connectivity index (χ3v) is 2.99. The number of anilines is 1. The normalized spacial score (nSPS) is 12.4. The average molecular weight is 220 g/mol. The molecule has 1 aromatic rings. The maximum atomic E-state index is 3.50. The molecule has 16 heavy (non-hydrogen) atoms. The molecular formula is C14H24N2. The van der Waals surface area contributed by atoms with Crippen molar-refractivity contribution in [2.75, 3.05) is 25.0 Å². The average Bonchev–Trinajstić information content (AvgIpc) is 2.35. The minimum absolute atomic E-state index is 0.578. The van der Waals surface area contributed by atoms with E-state index in [2.05, 4.69) is 61.4 Å². The summed E-state index contributed by atoms with van der Waals surface area (Å²) in [5.74, 6) is 0. The molecule has 0 saturated carbocycles. The first-order chi connectivity index (χ1) is 7.79. The van der Waals surface area contributed by atoms with Gasteiger partial charge >= 0.3 is 0 Å². The second kappa shape index (κ2) is 7.29. The van der Waals surface area contributed by atoms with Crippen LogP contribution < -0.4 is 10.2 Å². The lowest BCUT2D eigenvalue weighted by atomic mass is 10.1. The van der Waals surface area contributed by atoms with E-state index in [-0.39, 0.29) is 0 Å². The highest BCUT2D eigenvalue weighted by Gasteiger charge is 2.11. The zero-order chi connectivity index (χ0) is 11.8. The number of hydrogen-bond donors (Lipinski definition) is 1. The molecule has 1 unspecified atom stereocenters. The van der Waals surface area contributed by atoms with Crippen molar-refractivity contribution in [2.24, 2.45) is 0 Å². The van der Waals surface area contributed by atoms with E-state index in [4.69, 9.17) is 0 Å². The van der Waals surface area contributed by atoms with Crippen LogP contribution in [0.1, 0.15) is 26.7 Å². The maximum Gasteiger partial charge on any atom is 0.0408 e. The van der Waals surface area contributed by atoms with Gasteiger partial charge in [0.15, 0.2) is 0 Å². The molecule has 90 valence electrons. The van der Waals surface area contributed by atoms with Gasteiger partial charge in [-0.15, -0.1) is 0 Å². The van der Waals surface area contributed by atoms with Crippen molar-refractivity contribution in [3.8, 4) is 0 Å². The molecule has 0 bridgehead atoms. The van der Waals surface area contributed by atoms with Crippen LogP contribution in [0.5, 0.6) is 0 Å². The van der Waals surface area contributed by atoms with E-state index in [1.165, 1.54) is 18.5 Å². The Balaban J connectivity index is 2.52. The highest BCUT2D eigenvalue weighted by atomic mass is 15.2. The van der Waals surface area contributed by atoms with Gasteiger partial charge in [0, 0.05) is 25.3 Å². The van der Waals surface area contributed by atoms with Crippen molar-refractivity contribution in [2.45, 2.75) is 32.7 Å². The smallest absolute Gasteiger partial charge is 0.0408 e. The summed E-state index contributed by atoms with van der Waals surface area (Å²) in [7, 11) is 2.18. The molecule has 0 amide bonds. The molecule has 2 heteroatoms. The summed E-state index contributed by atoms with van der Waals surface area (Å²) in [6.07, 6.45) is 2.37. The standard InChI is InChI=1S/C14H24N2/c1-4-11-15-12-13(5-2)16(3)14-9-7-6-8-10-14/h6-10,13,15H,4-5,11-12H2,1-3H3. The first-order valence-electron chi connectivity index (χ1n) is 6.28. The molecule has 0 radical (unpaired) electrons. The molecule has 0 aliphatic carbocycles. The highest BCUT2D eigenvalue weighted by Crippen LogP contribution is 2.15. The zero-order valence-corrected chi connectivity index (χ0v) is 10.7. The van der Waals surface area contributed by atoms with E-state index in [1.807, 2.05) is 0 Å². The van der Waals surface area contributed by atoms with Crippen molar-refractivity contribution >= 4 is 5.69 Å². The predicted octanol–water partition coefficient (Wildman–Crippen LogP) is 2.90. The number of nitrogens with zero attached hydrogens (tertiary/aromatic N) is 1. The van der Waals surface area contributed by atoms with E-state index in [9.17, 15) is 0 Å². The predicted molar refractivity (Wildman–Crippen MR) is 72.1 cm³/mol. The molecule has 0 saturated heterocycles. The molecule has 0 aliphatic rings. The molecule has 0 aromatic heterocycles. The van der Waals surface area contributed by atoms with Crippen LogP contribution in [0.2, 0.25) is 0 Å². The van der Waals surface area contributed by atoms with Gasteiger partial charge in [-0.2, -0.15) is 0 Å². The third-order valence-electron chi connectivity index (χ3n) is 2.99. The SMILES string of the molecule is CCCNCC(CC)N(C)c1ccccc1. The van der Waals surface area contributed by atoms with Gasteiger partial charge in [0.2, 0.25) is 0 Å². The van der Waals surface area contributed by atoms with Gasteiger partial charge in [0.25, 0.3) is 0 Å². The van der Waals surface area contributed by atoms with Gasteiger partial charge in [0.05, 0.1) is 0 Å². The topological polar surface area (TPSA) is 15.3 Å². The number of rotatable bonds is 7. The molecule has 0 fully saturated rings. The summed E-state index contributed by atoms with van der Waals surface area (Å²) in [5, 5.41) is 3.50. The van der Waals surface area contributed by atoms with Crippen molar-refractivity contribution < 1.29 is 0 Å². The molecule has 1 aromatic carbocycles. The van der Waals surface area contributed by atoms with Crippen LogP contribution in [0.15, 0.2) is 30.3 Å². The van der Waals surface area contributed by atoms with E-state index >= 15 is 0 Å². The van der Waals surface area contributed by atoms with Crippen molar-refractivity contribution in [1.29, 1.82) is 0 Å². The van der Waals surface area contributed by atoms with E-state index < -0.39 is 0 Å². The molecular weight excluding hydrogens is 196 g/mol. The largest absolute Gasteiger partial charge is 0.370 e. The maximum absolute atomic E-state index is 3.50. The Labute approximate surface area is 99.7 Å². The molecule has 0 aliphatic heterocycles. The monoisotopic (exact) mass is 220 g/mol. The van der Waals surface area contributed by atoms with Crippen LogP contribution in [0.25, 0.3) is 0 Å². The number of para-hydroxylation sites is 1. The molecule has 0 spiro atoms. The van der Waals surface area contributed by atoms with Gasteiger partial charge in [-0.25, -0.2) is 0 Å². The lowest BCUT2D eigenvalue weighted by Gasteiger charge is -2.29. The number of benzene rings is 1. The minimum atomic E-state index is 0.578. The molecule has 1 rings (SSSR count). The van der Waals surface area contributed by atoms with E-state index in [0.29, 0.717) is 6.04 Å². The first-order valence-corrected chi connectivity index (χ1v) is 6.28. The van der Waals surface area contributed by atoms with Crippen molar-refractivity contribution in [1.82, 2.24) is 5.32 Å². The minimum Gasteiger partial charge on any atom is -0.370 e. The molecule has 0 heterocycles. The van der Waals surface area contributed by atoms with Gasteiger partial charge in [-0.1, -0.05) is 32.0 Å². The second-order valence-corrected chi connectivity index (χ2v) is 4.21. The van der Waals surface area contributed by atoms with Crippen LogP contribution in [0.4, 0.5) is 5.69 Å². The van der Waals surface area contributed by atoms with Crippen LogP contribution >= 0.6 is 0 Å². The summed E-state index contributed by atoms with van der Waals surface area (Å²) in [5.41, 5.74) is 1.30. The fourth-order valence-corrected chi connectivity index (χ4v) is 1.87. The Morgan fingerprint density at radius 3 is 2.44 bits per heavy atom. The van der Waals surface area contributed by atoms with E-state index in [0.717, 1.165) is 13.1 Å². The quantitative estimate of drug-likeness (QED) is 0.711. The van der Waals surface area contributed by atoms with Crippen LogP contribution in [0.3, 0.4) is 0 Å². The molecule has 2 nitrogen and oxygen atoms in total. The summed E-state index contributed by atoms with van der Waals surface area (Å²) in [4.78, 5) is 2.36. The third kappa shape index (κ3) is 3.86. The first kappa shape index (κ1) is 13.0. The van der Waals surface area contributed by atoms with Crippen LogP contribution in [-0.2, 0) is 0 Å². The summed E-state index contributed by atoms with van der Waals surface area (Å²) >= 11 is 0. The van der Waals surface area contributed by atoms with Gasteiger partial charge in [-0.05, 0) is 31.5 Å². The van der Waals surface area contributed by atoms with Crippen molar-refractivity contribution in [3.05, 3.63) is 30.3 Å². The Morgan fingerprint density at radius 2 is 1.88 bits per heavy atom. The van der Waals surface area contributed by atoms with Gasteiger partial charge < -0.3 is 10.2 Å². The van der Waals surface area contributed by atoms with Gasteiger partial charge in [0.1, 0.15) is 0 Å².